The Balaban J connectivity index is 4.36. The molecule has 0 amide bonds. The summed E-state index contributed by atoms with van der Waals surface area (Å²) in [5.41, 5.74) is 0. The van der Waals surface area contributed by atoms with Crippen molar-refractivity contribution in [2.45, 2.75) is 297 Å². The van der Waals surface area contributed by atoms with Gasteiger partial charge in [-0.3, -0.25) is 14.4 Å². The van der Waals surface area contributed by atoms with Crippen molar-refractivity contribution in [1.82, 2.24) is 0 Å². The zero-order chi connectivity index (χ0) is 48.6. The monoisotopic (exact) mass is 937 g/mol. The van der Waals surface area contributed by atoms with E-state index in [1.165, 1.54) is 148 Å². The molecule has 1 unspecified atom stereocenters. The molecule has 67 heavy (non-hydrogen) atoms. The van der Waals surface area contributed by atoms with Crippen molar-refractivity contribution in [3.63, 3.8) is 0 Å². The van der Waals surface area contributed by atoms with Crippen molar-refractivity contribution >= 4 is 17.9 Å². The predicted molar refractivity (Wildman–Crippen MR) is 288 cm³/mol. The van der Waals surface area contributed by atoms with E-state index in [9.17, 15) is 14.4 Å². The van der Waals surface area contributed by atoms with E-state index in [1.54, 1.807) is 0 Å². The lowest BCUT2D eigenvalue weighted by molar-refractivity contribution is -0.167. The standard InChI is InChI=1S/C61H108O6/c1-4-7-10-13-16-19-22-25-27-28-29-30-31-32-34-36-39-42-45-48-51-54-60(63)66-57-58(56-65-59(62)53-50-47-44-41-38-35-24-21-18-15-12-9-6-3)67-61(64)55-52-49-46-43-40-37-33-26-23-20-17-14-11-8-5-2/h12,15,21-22,24-25,28-29,31-32,58H,4-11,13-14,16-20,23,26-27,30,33-57H2,1-3H3/b15-12-,24-21-,25-22-,29-28-,32-31-. The number of rotatable bonds is 52. The third kappa shape index (κ3) is 53.9. The van der Waals surface area contributed by atoms with Gasteiger partial charge >= 0.3 is 17.9 Å². The number of carbonyl (C=O) groups excluding carboxylic acids is 3. The van der Waals surface area contributed by atoms with Gasteiger partial charge in [-0.25, -0.2) is 0 Å². The second-order valence-corrected chi connectivity index (χ2v) is 19.2. The first kappa shape index (κ1) is 64.1. The first-order chi connectivity index (χ1) is 33.0. The van der Waals surface area contributed by atoms with Crippen LogP contribution in [0.4, 0.5) is 0 Å². The summed E-state index contributed by atoms with van der Waals surface area (Å²) in [5.74, 6) is -0.898. The number of ether oxygens (including phenoxy) is 3. The molecule has 0 heterocycles. The minimum atomic E-state index is -0.783. The van der Waals surface area contributed by atoms with Gasteiger partial charge in [0.05, 0.1) is 0 Å². The molecule has 1 atom stereocenters. The van der Waals surface area contributed by atoms with Crippen molar-refractivity contribution in [1.29, 1.82) is 0 Å². The largest absolute Gasteiger partial charge is 0.462 e. The topological polar surface area (TPSA) is 78.9 Å². The highest BCUT2D eigenvalue weighted by Crippen LogP contribution is 2.16. The molecule has 0 spiro atoms. The van der Waals surface area contributed by atoms with Gasteiger partial charge in [0.15, 0.2) is 6.10 Å². The predicted octanol–water partition coefficient (Wildman–Crippen LogP) is 19.2. The highest BCUT2D eigenvalue weighted by molar-refractivity contribution is 5.71. The van der Waals surface area contributed by atoms with Crippen LogP contribution in [0.1, 0.15) is 290 Å². The summed E-state index contributed by atoms with van der Waals surface area (Å²) in [6.07, 6.45) is 69.2. The fourth-order valence-electron chi connectivity index (χ4n) is 8.14. The summed E-state index contributed by atoms with van der Waals surface area (Å²) in [6, 6.07) is 0. The van der Waals surface area contributed by atoms with Crippen molar-refractivity contribution in [3.8, 4) is 0 Å². The molecular weight excluding hydrogens is 829 g/mol. The Hall–Kier alpha value is -2.89. The molecule has 0 aromatic heterocycles. The highest BCUT2D eigenvalue weighted by atomic mass is 16.6. The van der Waals surface area contributed by atoms with Gasteiger partial charge in [0, 0.05) is 19.3 Å². The third-order valence-corrected chi connectivity index (χ3v) is 12.5. The first-order valence-electron chi connectivity index (χ1n) is 28.8. The molecule has 0 aliphatic rings. The first-order valence-corrected chi connectivity index (χ1v) is 28.8. The smallest absolute Gasteiger partial charge is 0.306 e. The Morgan fingerprint density at radius 1 is 0.299 bits per heavy atom. The van der Waals surface area contributed by atoms with E-state index in [1.807, 2.05) is 0 Å². The average molecular weight is 938 g/mol. The number of carbonyl (C=O) groups is 3. The number of unbranched alkanes of at least 4 members (excludes halogenated alkanes) is 31. The van der Waals surface area contributed by atoms with Crippen LogP contribution in [0.15, 0.2) is 60.8 Å². The van der Waals surface area contributed by atoms with Crippen LogP contribution in [-0.2, 0) is 28.6 Å². The fraction of sp³-hybridized carbons (Fsp3) is 0.787. The van der Waals surface area contributed by atoms with Crippen molar-refractivity contribution in [3.05, 3.63) is 60.8 Å². The number of esters is 3. The Morgan fingerprint density at radius 3 is 0.896 bits per heavy atom. The molecule has 388 valence electrons. The van der Waals surface area contributed by atoms with Gasteiger partial charge in [0.1, 0.15) is 13.2 Å². The number of hydrogen-bond donors (Lipinski definition) is 0. The summed E-state index contributed by atoms with van der Waals surface area (Å²) in [4.78, 5) is 38.1. The molecular formula is C61H108O6. The van der Waals surface area contributed by atoms with Crippen LogP contribution in [0, 0.1) is 0 Å². The molecule has 6 nitrogen and oxygen atoms in total. The lowest BCUT2D eigenvalue weighted by Gasteiger charge is -2.18. The fourth-order valence-corrected chi connectivity index (χ4v) is 8.14. The van der Waals surface area contributed by atoms with Gasteiger partial charge in [-0.15, -0.1) is 0 Å². The molecule has 0 aliphatic heterocycles. The van der Waals surface area contributed by atoms with E-state index >= 15 is 0 Å². The summed E-state index contributed by atoms with van der Waals surface area (Å²) < 4.78 is 16.8. The highest BCUT2D eigenvalue weighted by Gasteiger charge is 2.19. The van der Waals surface area contributed by atoms with Gasteiger partial charge in [-0.1, -0.05) is 248 Å². The molecule has 0 saturated heterocycles. The molecule has 0 rings (SSSR count). The Morgan fingerprint density at radius 2 is 0.567 bits per heavy atom. The van der Waals surface area contributed by atoms with Crippen LogP contribution in [-0.4, -0.2) is 37.2 Å². The molecule has 6 heteroatoms. The SMILES string of the molecule is CCC/C=C\C/C=C\CCCCCCCC(=O)OCC(COC(=O)CCCCCCCC/C=C\C/C=C\C/C=C\CCCCCCC)OC(=O)CCCCCCCCCCCCCCCCC. The lowest BCUT2D eigenvalue weighted by atomic mass is 10.0. The van der Waals surface area contributed by atoms with E-state index in [0.717, 1.165) is 103 Å². The van der Waals surface area contributed by atoms with Crippen LogP contribution in [0.2, 0.25) is 0 Å². The Bertz CT molecular complexity index is 1210. The molecule has 0 aliphatic carbocycles. The number of hydrogen-bond acceptors (Lipinski definition) is 6. The maximum absolute atomic E-state index is 12.8. The summed E-state index contributed by atoms with van der Waals surface area (Å²) >= 11 is 0. The summed E-state index contributed by atoms with van der Waals surface area (Å²) in [7, 11) is 0. The van der Waals surface area contributed by atoms with Gasteiger partial charge in [-0.05, 0) is 83.5 Å². The van der Waals surface area contributed by atoms with Gasteiger partial charge in [-0.2, -0.15) is 0 Å². The van der Waals surface area contributed by atoms with Crippen LogP contribution >= 0.6 is 0 Å². The van der Waals surface area contributed by atoms with Gasteiger partial charge in [0.25, 0.3) is 0 Å². The minimum absolute atomic E-state index is 0.0835. The van der Waals surface area contributed by atoms with E-state index in [0.29, 0.717) is 19.3 Å². The zero-order valence-corrected chi connectivity index (χ0v) is 44.4. The maximum atomic E-state index is 12.8. The Labute approximate surface area is 415 Å². The summed E-state index contributed by atoms with van der Waals surface area (Å²) in [5, 5.41) is 0. The van der Waals surface area contributed by atoms with Crippen LogP contribution < -0.4 is 0 Å². The van der Waals surface area contributed by atoms with Crippen molar-refractivity contribution in [2.75, 3.05) is 13.2 Å². The van der Waals surface area contributed by atoms with E-state index < -0.39 is 6.10 Å². The molecule has 0 bridgehead atoms. The van der Waals surface area contributed by atoms with Crippen molar-refractivity contribution in [2.24, 2.45) is 0 Å². The van der Waals surface area contributed by atoms with Gasteiger partial charge < -0.3 is 14.2 Å². The molecule has 0 radical (unpaired) electrons. The Kier molecular flexibility index (Phi) is 53.3. The summed E-state index contributed by atoms with van der Waals surface area (Å²) in [6.45, 7) is 6.57. The maximum Gasteiger partial charge on any atom is 0.306 e. The van der Waals surface area contributed by atoms with Crippen molar-refractivity contribution < 1.29 is 28.6 Å². The van der Waals surface area contributed by atoms with Gasteiger partial charge in [0.2, 0.25) is 0 Å². The molecule has 0 N–H and O–H groups in total. The second kappa shape index (κ2) is 55.7. The molecule has 0 aromatic carbocycles. The third-order valence-electron chi connectivity index (χ3n) is 12.5. The van der Waals surface area contributed by atoms with E-state index in [2.05, 4.69) is 81.5 Å². The van der Waals surface area contributed by atoms with E-state index in [4.69, 9.17) is 14.2 Å². The molecule has 0 aromatic rings. The van der Waals surface area contributed by atoms with E-state index in [-0.39, 0.29) is 31.1 Å². The zero-order valence-electron chi connectivity index (χ0n) is 44.4. The number of allylic oxidation sites excluding steroid dienone is 10. The second-order valence-electron chi connectivity index (χ2n) is 19.2. The van der Waals surface area contributed by atoms with Crippen LogP contribution in [0.25, 0.3) is 0 Å². The van der Waals surface area contributed by atoms with Crippen LogP contribution in [0.3, 0.4) is 0 Å². The molecule has 0 fully saturated rings. The molecule has 0 saturated carbocycles. The average Bonchev–Trinajstić information content (AvgIpc) is 3.33. The lowest BCUT2D eigenvalue weighted by Crippen LogP contribution is -2.30. The van der Waals surface area contributed by atoms with Crippen LogP contribution in [0.5, 0.6) is 0 Å². The minimum Gasteiger partial charge on any atom is -0.462 e. The quantitative estimate of drug-likeness (QED) is 0.0262. The normalized spacial score (nSPS) is 12.5.